The van der Waals surface area contributed by atoms with E-state index in [1.807, 2.05) is 24.3 Å². The molecule has 3 heteroatoms. The summed E-state index contributed by atoms with van der Waals surface area (Å²) in [5.74, 6) is 1.46. The Morgan fingerprint density at radius 1 is 1.31 bits per heavy atom. The molecule has 0 spiro atoms. The monoisotopic (exact) mass is 281 g/mol. The zero-order valence-electron chi connectivity index (χ0n) is 9.53. The van der Waals surface area contributed by atoms with Crippen LogP contribution in [-0.2, 0) is 0 Å². The standard InChI is InChI=1S/C13H16BrNO/c1-8(2)5-11(15)13-7-9-6-10(14)3-4-12(9)16-13/h3-4,6-8,11H,5,15H2,1-2H3/t11-/m1/s1. The molecule has 0 radical (unpaired) electrons. The predicted octanol–water partition coefficient (Wildman–Crippen LogP) is 4.24. The van der Waals surface area contributed by atoms with Crippen molar-refractivity contribution in [3.8, 4) is 0 Å². The van der Waals surface area contributed by atoms with E-state index in [1.165, 1.54) is 0 Å². The van der Waals surface area contributed by atoms with Crippen LogP contribution in [-0.4, -0.2) is 0 Å². The Morgan fingerprint density at radius 2 is 2.06 bits per heavy atom. The summed E-state index contributed by atoms with van der Waals surface area (Å²) >= 11 is 3.45. The molecule has 1 aromatic heterocycles. The minimum atomic E-state index is -0.00817. The van der Waals surface area contributed by atoms with Crippen LogP contribution in [0, 0.1) is 5.92 Å². The summed E-state index contributed by atoms with van der Waals surface area (Å²) in [6, 6.07) is 8.01. The van der Waals surface area contributed by atoms with E-state index in [2.05, 4.69) is 29.8 Å². The highest BCUT2D eigenvalue weighted by Gasteiger charge is 2.13. The van der Waals surface area contributed by atoms with Crippen molar-refractivity contribution in [2.24, 2.45) is 11.7 Å². The van der Waals surface area contributed by atoms with E-state index in [0.717, 1.165) is 27.6 Å². The number of rotatable bonds is 3. The summed E-state index contributed by atoms with van der Waals surface area (Å²) in [7, 11) is 0. The van der Waals surface area contributed by atoms with Gasteiger partial charge in [0.1, 0.15) is 11.3 Å². The van der Waals surface area contributed by atoms with Gasteiger partial charge in [0.15, 0.2) is 0 Å². The van der Waals surface area contributed by atoms with Gasteiger partial charge in [-0.3, -0.25) is 0 Å². The van der Waals surface area contributed by atoms with Crippen molar-refractivity contribution in [1.29, 1.82) is 0 Å². The highest BCUT2D eigenvalue weighted by Crippen LogP contribution is 2.28. The second kappa shape index (κ2) is 4.60. The molecular weight excluding hydrogens is 266 g/mol. The number of furan rings is 1. The molecular formula is C13H16BrNO. The third kappa shape index (κ3) is 2.47. The Morgan fingerprint density at radius 3 is 2.75 bits per heavy atom. The lowest BCUT2D eigenvalue weighted by Gasteiger charge is -2.10. The van der Waals surface area contributed by atoms with Crippen molar-refractivity contribution in [2.45, 2.75) is 26.3 Å². The van der Waals surface area contributed by atoms with Crippen LogP contribution in [0.1, 0.15) is 32.1 Å². The Hall–Kier alpha value is -0.800. The van der Waals surface area contributed by atoms with E-state index in [9.17, 15) is 0 Å². The average molecular weight is 282 g/mol. The fraction of sp³-hybridized carbons (Fsp3) is 0.385. The van der Waals surface area contributed by atoms with Gasteiger partial charge in [0.25, 0.3) is 0 Å². The molecule has 0 aliphatic heterocycles. The maximum atomic E-state index is 6.09. The quantitative estimate of drug-likeness (QED) is 0.914. The summed E-state index contributed by atoms with van der Waals surface area (Å²) < 4.78 is 6.80. The molecule has 2 N–H and O–H groups in total. The molecule has 0 saturated heterocycles. The second-order valence-corrected chi connectivity index (χ2v) is 5.48. The Bertz CT molecular complexity index is 490. The number of fused-ring (bicyclic) bond motifs is 1. The third-order valence-corrected chi connectivity index (χ3v) is 3.08. The van der Waals surface area contributed by atoms with E-state index < -0.39 is 0 Å². The summed E-state index contributed by atoms with van der Waals surface area (Å²) in [5.41, 5.74) is 6.99. The Kier molecular flexibility index (Phi) is 3.36. The first-order valence-electron chi connectivity index (χ1n) is 5.51. The van der Waals surface area contributed by atoms with E-state index in [-0.39, 0.29) is 6.04 Å². The van der Waals surface area contributed by atoms with Gasteiger partial charge in [-0.05, 0) is 36.6 Å². The molecule has 0 saturated carbocycles. The second-order valence-electron chi connectivity index (χ2n) is 4.57. The van der Waals surface area contributed by atoms with E-state index in [1.54, 1.807) is 0 Å². The van der Waals surface area contributed by atoms with Gasteiger partial charge in [-0.1, -0.05) is 29.8 Å². The Labute approximate surface area is 104 Å². The van der Waals surface area contributed by atoms with Gasteiger partial charge in [0, 0.05) is 9.86 Å². The first-order valence-corrected chi connectivity index (χ1v) is 6.30. The molecule has 0 bridgehead atoms. The van der Waals surface area contributed by atoms with Crippen molar-refractivity contribution in [1.82, 2.24) is 0 Å². The van der Waals surface area contributed by atoms with Gasteiger partial charge < -0.3 is 10.2 Å². The maximum absolute atomic E-state index is 6.09. The number of hydrogen-bond acceptors (Lipinski definition) is 2. The Balaban J connectivity index is 2.32. The molecule has 0 aliphatic carbocycles. The SMILES string of the molecule is CC(C)C[C@@H](N)c1cc2cc(Br)ccc2o1. The van der Waals surface area contributed by atoms with Crippen LogP contribution in [0.2, 0.25) is 0 Å². The summed E-state index contributed by atoms with van der Waals surface area (Å²) in [6.45, 7) is 4.33. The lowest BCUT2D eigenvalue weighted by Crippen LogP contribution is -2.11. The molecule has 1 aromatic carbocycles. The van der Waals surface area contributed by atoms with Gasteiger partial charge in [0.05, 0.1) is 6.04 Å². The fourth-order valence-electron chi connectivity index (χ4n) is 1.84. The zero-order chi connectivity index (χ0) is 11.7. The van der Waals surface area contributed by atoms with E-state index in [0.29, 0.717) is 5.92 Å². The lowest BCUT2D eigenvalue weighted by molar-refractivity contribution is 0.431. The smallest absolute Gasteiger partial charge is 0.134 e. The molecule has 16 heavy (non-hydrogen) atoms. The van der Waals surface area contributed by atoms with Crippen LogP contribution in [0.25, 0.3) is 11.0 Å². The van der Waals surface area contributed by atoms with Crippen LogP contribution < -0.4 is 5.73 Å². The van der Waals surface area contributed by atoms with Gasteiger partial charge in [0.2, 0.25) is 0 Å². The van der Waals surface area contributed by atoms with Crippen molar-refractivity contribution in [3.05, 3.63) is 34.5 Å². The highest BCUT2D eigenvalue weighted by atomic mass is 79.9. The summed E-state index contributed by atoms with van der Waals surface area (Å²) in [5, 5.41) is 1.10. The molecule has 0 unspecified atom stereocenters. The van der Waals surface area contributed by atoms with Crippen LogP contribution in [0.3, 0.4) is 0 Å². The van der Waals surface area contributed by atoms with Gasteiger partial charge in [-0.2, -0.15) is 0 Å². The first-order chi connectivity index (χ1) is 7.56. The molecule has 86 valence electrons. The molecule has 1 atom stereocenters. The molecule has 2 nitrogen and oxygen atoms in total. The minimum absolute atomic E-state index is 0.00817. The topological polar surface area (TPSA) is 39.2 Å². The molecule has 0 fully saturated rings. The largest absolute Gasteiger partial charge is 0.459 e. The first kappa shape index (κ1) is 11.7. The van der Waals surface area contributed by atoms with Gasteiger partial charge in [-0.15, -0.1) is 0 Å². The normalized spacial score (nSPS) is 13.6. The van der Waals surface area contributed by atoms with E-state index in [4.69, 9.17) is 10.2 Å². The van der Waals surface area contributed by atoms with Crippen molar-refractivity contribution >= 4 is 26.9 Å². The van der Waals surface area contributed by atoms with Crippen molar-refractivity contribution in [2.75, 3.05) is 0 Å². The van der Waals surface area contributed by atoms with Gasteiger partial charge >= 0.3 is 0 Å². The van der Waals surface area contributed by atoms with E-state index >= 15 is 0 Å². The average Bonchev–Trinajstić information content (AvgIpc) is 2.59. The van der Waals surface area contributed by atoms with Gasteiger partial charge in [-0.25, -0.2) is 0 Å². The summed E-state index contributed by atoms with van der Waals surface area (Å²) in [4.78, 5) is 0. The third-order valence-electron chi connectivity index (χ3n) is 2.59. The van der Waals surface area contributed by atoms with Crippen LogP contribution in [0.5, 0.6) is 0 Å². The van der Waals surface area contributed by atoms with Crippen LogP contribution >= 0.6 is 15.9 Å². The number of hydrogen-bond donors (Lipinski definition) is 1. The fourth-order valence-corrected chi connectivity index (χ4v) is 2.22. The maximum Gasteiger partial charge on any atom is 0.134 e. The minimum Gasteiger partial charge on any atom is -0.459 e. The van der Waals surface area contributed by atoms with Crippen LogP contribution in [0.15, 0.2) is 33.2 Å². The molecule has 2 rings (SSSR count). The molecule has 1 heterocycles. The number of benzene rings is 1. The number of halogens is 1. The zero-order valence-corrected chi connectivity index (χ0v) is 11.1. The predicted molar refractivity (Wildman–Crippen MR) is 70.3 cm³/mol. The number of nitrogens with two attached hydrogens (primary N) is 1. The lowest BCUT2D eigenvalue weighted by atomic mass is 10.0. The summed E-state index contributed by atoms with van der Waals surface area (Å²) in [6.07, 6.45) is 0.945. The van der Waals surface area contributed by atoms with Crippen molar-refractivity contribution in [3.63, 3.8) is 0 Å². The molecule has 2 aromatic rings. The molecule has 0 aliphatic rings. The van der Waals surface area contributed by atoms with Crippen LogP contribution in [0.4, 0.5) is 0 Å². The molecule has 0 amide bonds. The van der Waals surface area contributed by atoms with Crippen molar-refractivity contribution < 1.29 is 4.42 Å². The highest BCUT2D eigenvalue weighted by molar-refractivity contribution is 9.10.